The largest absolute Gasteiger partial charge is 0.320 e. The molecule has 116 valence electrons. The fourth-order valence-corrected chi connectivity index (χ4v) is 2.56. The molecule has 0 atom stereocenters. The van der Waals surface area contributed by atoms with Gasteiger partial charge in [0.25, 0.3) is 11.5 Å². The van der Waals surface area contributed by atoms with Crippen LogP contribution in [0.15, 0.2) is 29.1 Å². The van der Waals surface area contributed by atoms with Crippen LogP contribution < -0.4 is 10.9 Å². The fourth-order valence-electron chi connectivity index (χ4n) is 2.27. The van der Waals surface area contributed by atoms with E-state index in [-0.39, 0.29) is 17.2 Å². The predicted octanol–water partition coefficient (Wildman–Crippen LogP) is 2.81. The second-order valence-corrected chi connectivity index (χ2v) is 5.31. The molecule has 0 aliphatic heterocycles. The summed E-state index contributed by atoms with van der Waals surface area (Å²) in [7, 11) is 1.51. The van der Waals surface area contributed by atoms with Crippen LogP contribution in [0.1, 0.15) is 35.5 Å². The molecule has 0 aliphatic carbocycles. The van der Waals surface area contributed by atoms with Gasteiger partial charge in [-0.1, -0.05) is 31.5 Å². The van der Waals surface area contributed by atoms with Gasteiger partial charge in [-0.05, 0) is 36.1 Å². The van der Waals surface area contributed by atoms with E-state index in [1.807, 2.05) is 26.0 Å². The number of aryl methyl sites for hydroxylation is 2. The van der Waals surface area contributed by atoms with Crippen molar-refractivity contribution in [2.75, 3.05) is 5.32 Å². The second-order valence-electron chi connectivity index (χ2n) is 4.90. The number of anilines is 1. The molecule has 0 saturated heterocycles. The Balaban J connectivity index is 2.41. The lowest BCUT2D eigenvalue weighted by Crippen LogP contribution is -2.24. The van der Waals surface area contributed by atoms with Crippen LogP contribution in [0.3, 0.4) is 0 Å². The maximum Gasteiger partial charge on any atom is 0.276 e. The van der Waals surface area contributed by atoms with Crippen LogP contribution in [0, 0.1) is 0 Å². The van der Waals surface area contributed by atoms with Gasteiger partial charge in [0, 0.05) is 23.8 Å². The van der Waals surface area contributed by atoms with Crippen LogP contribution in [-0.4, -0.2) is 15.7 Å². The van der Waals surface area contributed by atoms with Gasteiger partial charge >= 0.3 is 0 Å². The molecular formula is C16H18ClN3O2. The van der Waals surface area contributed by atoms with Gasteiger partial charge in [0.15, 0.2) is 0 Å². The van der Waals surface area contributed by atoms with Crippen LogP contribution in [0.25, 0.3) is 0 Å². The highest BCUT2D eigenvalue weighted by atomic mass is 35.5. The van der Waals surface area contributed by atoms with E-state index in [1.165, 1.54) is 19.2 Å². The van der Waals surface area contributed by atoms with Gasteiger partial charge in [-0.25, -0.2) is 4.68 Å². The van der Waals surface area contributed by atoms with Crippen molar-refractivity contribution in [3.63, 3.8) is 0 Å². The van der Waals surface area contributed by atoms with Crippen molar-refractivity contribution in [2.45, 2.75) is 26.7 Å². The van der Waals surface area contributed by atoms with E-state index in [2.05, 4.69) is 10.4 Å². The number of hydrogen-bond donors (Lipinski definition) is 1. The lowest BCUT2D eigenvalue weighted by atomic mass is 10.0. The molecule has 22 heavy (non-hydrogen) atoms. The van der Waals surface area contributed by atoms with Gasteiger partial charge < -0.3 is 5.32 Å². The molecule has 0 radical (unpaired) electrons. The summed E-state index contributed by atoms with van der Waals surface area (Å²) in [5, 5.41) is 7.47. The number of carbonyl (C=O) groups is 1. The Morgan fingerprint density at radius 2 is 1.95 bits per heavy atom. The van der Waals surface area contributed by atoms with Gasteiger partial charge in [0.05, 0.1) is 0 Å². The molecular weight excluding hydrogens is 302 g/mol. The molecule has 6 heteroatoms. The first-order valence-electron chi connectivity index (χ1n) is 7.13. The molecule has 1 heterocycles. The smallest absolute Gasteiger partial charge is 0.276 e. The molecule has 1 amide bonds. The third-order valence-electron chi connectivity index (χ3n) is 3.51. The van der Waals surface area contributed by atoms with Crippen molar-refractivity contribution in [1.82, 2.24) is 9.78 Å². The zero-order chi connectivity index (χ0) is 16.3. The third-order valence-corrected chi connectivity index (χ3v) is 3.86. The van der Waals surface area contributed by atoms with Gasteiger partial charge in [0.1, 0.15) is 5.69 Å². The molecule has 2 rings (SSSR count). The lowest BCUT2D eigenvalue weighted by molar-refractivity contribution is 0.102. The molecule has 5 nitrogen and oxygen atoms in total. The van der Waals surface area contributed by atoms with Gasteiger partial charge in [-0.2, -0.15) is 5.10 Å². The monoisotopic (exact) mass is 319 g/mol. The van der Waals surface area contributed by atoms with E-state index in [4.69, 9.17) is 11.6 Å². The van der Waals surface area contributed by atoms with Gasteiger partial charge in [-0.15, -0.1) is 0 Å². The number of aromatic nitrogens is 2. The minimum absolute atomic E-state index is 0.186. The van der Waals surface area contributed by atoms with Crippen molar-refractivity contribution in [1.29, 1.82) is 0 Å². The van der Waals surface area contributed by atoms with Crippen molar-refractivity contribution in [2.24, 2.45) is 7.05 Å². The fraction of sp³-hybridized carbons (Fsp3) is 0.312. The summed E-state index contributed by atoms with van der Waals surface area (Å²) in [5.74, 6) is -0.359. The predicted molar refractivity (Wildman–Crippen MR) is 87.6 cm³/mol. The van der Waals surface area contributed by atoms with E-state index < -0.39 is 0 Å². The maximum atomic E-state index is 12.4. The summed E-state index contributed by atoms with van der Waals surface area (Å²) >= 11 is 6.22. The average molecular weight is 320 g/mol. The molecule has 0 bridgehead atoms. The number of hydrogen-bond acceptors (Lipinski definition) is 3. The summed E-state index contributed by atoms with van der Waals surface area (Å²) in [4.78, 5) is 23.7. The summed E-state index contributed by atoms with van der Waals surface area (Å²) in [5.41, 5.74) is 2.57. The van der Waals surface area contributed by atoms with Crippen molar-refractivity contribution in [3.8, 4) is 0 Å². The second kappa shape index (κ2) is 6.75. The molecule has 0 aliphatic rings. The molecule has 2 aromatic rings. The number of nitrogens with one attached hydrogen (secondary N) is 1. The molecule has 0 saturated carbocycles. The topological polar surface area (TPSA) is 64.0 Å². The highest BCUT2D eigenvalue weighted by Gasteiger charge is 2.15. The van der Waals surface area contributed by atoms with Crippen LogP contribution in [0.2, 0.25) is 5.02 Å². The normalized spacial score (nSPS) is 10.5. The summed E-state index contributed by atoms with van der Waals surface area (Å²) in [6.07, 6.45) is 1.49. The minimum atomic E-state index is -0.359. The van der Waals surface area contributed by atoms with Crippen molar-refractivity contribution < 1.29 is 4.79 Å². The van der Waals surface area contributed by atoms with E-state index >= 15 is 0 Å². The maximum absolute atomic E-state index is 12.4. The molecule has 1 N–H and O–H groups in total. The highest BCUT2D eigenvalue weighted by Crippen LogP contribution is 2.29. The van der Waals surface area contributed by atoms with E-state index in [0.29, 0.717) is 11.4 Å². The molecule has 0 unspecified atom stereocenters. The van der Waals surface area contributed by atoms with Gasteiger partial charge in [-0.3, -0.25) is 9.59 Å². The molecule has 0 spiro atoms. The minimum Gasteiger partial charge on any atom is -0.320 e. The van der Waals surface area contributed by atoms with Crippen molar-refractivity contribution >= 4 is 23.2 Å². The zero-order valence-electron chi connectivity index (χ0n) is 12.8. The first-order valence-corrected chi connectivity index (χ1v) is 7.51. The lowest BCUT2D eigenvalue weighted by Gasteiger charge is -2.15. The first-order chi connectivity index (χ1) is 10.5. The summed E-state index contributed by atoms with van der Waals surface area (Å²) in [6, 6.07) is 6.49. The number of carbonyl (C=O) groups excluding carboxylic acids is 1. The Kier molecular flexibility index (Phi) is 4.98. The third kappa shape index (κ3) is 3.20. The average Bonchev–Trinajstić information content (AvgIpc) is 2.50. The number of nitrogens with zero attached hydrogens (tertiary/aromatic N) is 2. The van der Waals surface area contributed by atoms with Crippen LogP contribution in [0.5, 0.6) is 0 Å². The Hall–Kier alpha value is -2.14. The molecule has 0 fully saturated rings. The van der Waals surface area contributed by atoms with Crippen LogP contribution in [-0.2, 0) is 19.9 Å². The SMILES string of the molecule is CCc1ccc(Cl)c(CC)c1NC(=O)c1ccc(=O)n(C)n1. The van der Waals surface area contributed by atoms with Crippen molar-refractivity contribution in [3.05, 3.63) is 56.5 Å². The van der Waals surface area contributed by atoms with Gasteiger partial charge in [0.2, 0.25) is 0 Å². The Morgan fingerprint density at radius 1 is 1.23 bits per heavy atom. The number of rotatable bonds is 4. The van der Waals surface area contributed by atoms with Crippen LogP contribution in [0.4, 0.5) is 5.69 Å². The number of halogens is 1. The standard InChI is InChI=1S/C16H18ClN3O2/c1-4-10-6-7-12(17)11(5-2)15(10)18-16(22)13-8-9-14(21)20(3)19-13/h6-9H,4-5H2,1-3H3,(H,18,22). The molecule has 1 aromatic heterocycles. The number of amides is 1. The Morgan fingerprint density at radius 3 is 2.55 bits per heavy atom. The summed E-state index contributed by atoms with van der Waals surface area (Å²) in [6.45, 7) is 4.00. The zero-order valence-corrected chi connectivity index (χ0v) is 13.6. The Labute approximate surface area is 133 Å². The van der Waals surface area contributed by atoms with E-state index in [1.54, 1.807) is 0 Å². The van der Waals surface area contributed by atoms with Crippen LogP contribution >= 0.6 is 11.6 Å². The summed E-state index contributed by atoms with van der Waals surface area (Å²) < 4.78 is 1.13. The molecule has 1 aromatic carbocycles. The Bertz CT molecular complexity index is 768. The first kappa shape index (κ1) is 16.2. The highest BCUT2D eigenvalue weighted by molar-refractivity contribution is 6.32. The van der Waals surface area contributed by atoms with E-state index in [0.717, 1.165) is 27.9 Å². The quantitative estimate of drug-likeness (QED) is 0.942. The number of benzene rings is 1. The van der Waals surface area contributed by atoms with E-state index in [9.17, 15) is 9.59 Å².